The molecule has 8 nitrogen and oxygen atoms in total. The van der Waals surface area contributed by atoms with Crippen LogP contribution in [0.4, 0.5) is 10.5 Å². The molecule has 8 heteroatoms. The molecule has 2 aliphatic heterocycles. The van der Waals surface area contributed by atoms with Gasteiger partial charge in [0, 0.05) is 25.2 Å². The number of fused-ring (bicyclic) bond motifs is 1. The Balaban J connectivity index is 1.19. The molecule has 1 unspecified atom stereocenters. The number of rotatable bonds is 9. The van der Waals surface area contributed by atoms with Gasteiger partial charge in [0.05, 0.1) is 6.61 Å². The fourth-order valence-electron chi connectivity index (χ4n) is 5.83. The molecule has 0 saturated carbocycles. The van der Waals surface area contributed by atoms with Crippen LogP contribution in [0.15, 0.2) is 60.7 Å². The topological polar surface area (TPSA) is 96.4 Å². The summed E-state index contributed by atoms with van der Waals surface area (Å²) in [5, 5.41) is 9.32. The Hall–Kier alpha value is -4.33. The molecule has 0 spiro atoms. The molecule has 1 saturated heterocycles. The summed E-state index contributed by atoms with van der Waals surface area (Å²) in [7, 11) is 0. The van der Waals surface area contributed by atoms with Gasteiger partial charge in [-0.05, 0) is 91.5 Å². The maximum atomic E-state index is 13.3. The van der Waals surface area contributed by atoms with Crippen LogP contribution in [0.2, 0.25) is 0 Å². The lowest BCUT2D eigenvalue weighted by Crippen LogP contribution is -2.40. The van der Waals surface area contributed by atoms with Crippen LogP contribution in [0.5, 0.6) is 5.75 Å². The van der Waals surface area contributed by atoms with Gasteiger partial charge < -0.3 is 19.5 Å². The van der Waals surface area contributed by atoms with Gasteiger partial charge in [0.1, 0.15) is 18.4 Å². The first-order chi connectivity index (χ1) is 20.3. The van der Waals surface area contributed by atoms with Crippen molar-refractivity contribution < 1.29 is 29.0 Å². The maximum absolute atomic E-state index is 13.3. The minimum Gasteiger partial charge on any atom is -0.493 e. The number of likely N-dealkylation sites (tertiary alicyclic amines) is 1. The Bertz CT molecular complexity index is 1450. The third kappa shape index (κ3) is 6.43. The molecule has 0 bridgehead atoms. The number of nitrogens with zero attached hydrogens (tertiary/aromatic N) is 2. The lowest BCUT2D eigenvalue weighted by atomic mass is 9.91. The molecule has 3 aromatic rings. The van der Waals surface area contributed by atoms with Crippen molar-refractivity contribution in [2.24, 2.45) is 0 Å². The average Bonchev–Trinajstić information content (AvgIpc) is 3.50. The van der Waals surface area contributed by atoms with Crippen LogP contribution < -0.4 is 9.64 Å². The summed E-state index contributed by atoms with van der Waals surface area (Å²) in [6.07, 6.45) is 3.38. The van der Waals surface area contributed by atoms with Crippen LogP contribution in [0.25, 0.3) is 11.1 Å². The van der Waals surface area contributed by atoms with Crippen molar-refractivity contribution >= 4 is 23.7 Å². The number of hydrogen-bond donors (Lipinski definition) is 1. The lowest BCUT2D eigenvalue weighted by Gasteiger charge is -2.31. The number of benzene rings is 3. The fraction of sp³-hybridized carbons (Fsp3) is 0.382. The van der Waals surface area contributed by atoms with Crippen LogP contribution in [0.1, 0.15) is 54.4 Å². The van der Waals surface area contributed by atoms with E-state index in [1.54, 1.807) is 0 Å². The predicted molar refractivity (Wildman–Crippen MR) is 161 cm³/mol. The minimum atomic E-state index is -0.998. The highest BCUT2D eigenvalue weighted by atomic mass is 16.6. The van der Waals surface area contributed by atoms with Crippen molar-refractivity contribution in [2.75, 3.05) is 24.6 Å². The van der Waals surface area contributed by atoms with Gasteiger partial charge in [0.15, 0.2) is 0 Å². The zero-order valence-corrected chi connectivity index (χ0v) is 24.3. The Morgan fingerprint density at radius 2 is 1.74 bits per heavy atom. The van der Waals surface area contributed by atoms with E-state index in [-0.39, 0.29) is 12.5 Å². The van der Waals surface area contributed by atoms with E-state index >= 15 is 0 Å². The van der Waals surface area contributed by atoms with Gasteiger partial charge >= 0.3 is 12.1 Å². The van der Waals surface area contributed by atoms with Crippen molar-refractivity contribution in [1.82, 2.24) is 4.90 Å². The molecular formula is C34H38N2O6. The van der Waals surface area contributed by atoms with Crippen molar-refractivity contribution in [3.05, 3.63) is 82.9 Å². The summed E-state index contributed by atoms with van der Waals surface area (Å²) >= 11 is 0. The van der Waals surface area contributed by atoms with Gasteiger partial charge in [-0.15, -0.1) is 0 Å². The number of amides is 2. The molecule has 1 fully saturated rings. The number of carboxylic acids is 1. The SMILES string of the molecule is Cc1cccc(OCCCC(=O)N2CCCc3c(-c4ccc(COC(=O)N5CCCC5C(=O)O)cc4)cccc32)c1C. The number of aryl methyl sites for hydroxylation is 1. The summed E-state index contributed by atoms with van der Waals surface area (Å²) < 4.78 is 11.4. The first kappa shape index (κ1) is 29.2. The van der Waals surface area contributed by atoms with Crippen molar-refractivity contribution in [3.63, 3.8) is 0 Å². The predicted octanol–water partition coefficient (Wildman–Crippen LogP) is 6.29. The van der Waals surface area contributed by atoms with E-state index in [2.05, 4.69) is 19.1 Å². The van der Waals surface area contributed by atoms with Crippen LogP contribution in [-0.2, 0) is 27.4 Å². The van der Waals surface area contributed by atoms with Gasteiger partial charge in [-0.2, -0.15) is 0 Å². The minimum absolute atomic E-state index is 0.0737. The second-order valence-electron chi connectivity index (χ2n) is 11.0. The first-order valence-electron chi connectivity index (χ1n) is 14.7. The quantitative estimate of drug-likeness (QED) is 0.304. The van der Waals surface area contributed by atoms with Crippen LogP contribution in [0.3, 0.4) is 0 Å². The number of aliphatic carboxylic acids is 1. The van der Waals surface area contributed by atoms with E-state index in [0.29, 0.717) is 45.4 Å². The molecule has 3 aromatic carbocycles. The standard InChI is InChI=1S/C34H38N2O6/c1-23-8-3-13-31(24(23)2)41-21-7-14-32(37)35-19-5-10-28-27(9-4-11-29(28)35)26-17-15-25(16-18-26)22-42-34(40)36-20-6-12-30(36)33(38)39/h3-4,8-9,11,13,15-18,30H,5-7,10,12,14,19-22H2,1-2H3,(H,38,39). The van der Waals surface area contributed by atoms with Crippen molar-refractivity contribution in [2.45, 2.75) is 65.0 Å². The highest BCUT2D eigenvalue weighted by molar-refractivity contribution is 5.96. The molecule has 5 rings (SSSR count). The summed E-state index contributed by atoms with van der Waals surface area (Å²) in [5.74, 6) is -0.0153. The average molecular weight is 571 g/mol. The fourth-order valence-corrected chi connectivity index (χ4v) is 5.83. The second kappa shape index (κ2) is 13.1. The smallest absolute Gasteiger partial charge is 0.410 e. The molecular weight excluding hydrogens is 532 g/mol. The Kier molecular flexibility index (Phi) is 9.10. The Labute approximate surface area is 246 Å². The maximum Gasteiger partial charge on any atom is 0.410 e. The zero-order chi connectivity index (χ0) is 29.6. The number of ether oxygens (including phenoxy) is 2. The summed E-state index contributed by atoms with van der Waals surface area (Å²) in [6.45, 7) is 5.79. The molecule has 2 heterocycles. The third-order valence-corrected chi connectivity index (χ3v) is 8.30. The van der Waals surface area contributed by atoms with E-state index < -0.39 is 18.1 Å². The van der Waals surface area contributed by atoms with Crippen LogP contribution >= 0.6 is 0 Å². The third-order valence-electron chi connectivity index (χ3n) is 8.30. The Morgan fingerprint density at radius 1 is 0.952 bits per heavy atom. The largest absolute Gasteiger partial charge is 0.493 e. The van der Waals surface area contributed by atoms with E-state index in [0.717, 1.165) is 52.1 Å². The van der Waals surface area contributed by atoms with Crippen molar-refractivity contribution in [1.29, 1.82) is 0 Å². The Morgan fingerprint density at radius 3 is 2.52 bits per heavy atom. The summed E-state index contributed by atoms with van der Waals surface area (Å²) in [5.41, 5.74) is 7.40. The van der Waals surface area contributed by atoms with E-state index in [9.17, 15) is 19.5 Å². The zero-order valence-electron chi connectivity index (χ0n) is 24.3. The number of carbonyl (C=O) groups excluding carboxylic acids is 2. The number of hydrogen-bond acceptors (Lipinski definition) is 5. The molecule has 42 heavy (non-hydrogen) atoms. The molecule has 220 valence electrons. The molecule has 0 aliphatic carbocycles. The summed E-state index contributed by atoms with van der Waals surface area (Å²) in [6, 6.07) is 19.1. The highest BCUT2D eigenvalue weighted by Crippen LogP contribution is 2.36. The van der Waals surface area contributed by atoms with Gasteiger partial charge in [-0.25, -0.2) is 9.59 Å². The van der Waals surface area contributed by atoms with Crippen LogP contribution in [0, 0.1) is 13.8 Å². The molecule has 2 amide bonds. The second-order valence-corrected chi connectivity index (χ2v) is 11.0. The van der Waals surface area contributed by atoms with Crippen molar-refractivity contribution in [3.8, 4) is 16.9 Å². The van der Waals surface area contributed by atoms with Gasteiger partial charge in [0.2, 0.25) is 5.91 Å². The monoisotopic (exact) mass is 570 g/mol. The summed E-state index contributed by atoms with van der Waals surface area (Å²) in [4.78, 5) is 40.3. The van der Waals surface area contributed by atoms with Gasteiger partial charge in [-0.1, -0.05) is 48.5 Å². The van der Waals surface area contributed by atoms with Gasteiger partial charge in [0.25, 0.3) is 0 Å². The highest BCUT2D eigenvalue weighted by Gasteiger charge is 2.35. The molecule has 1 N–H and O–H groups in total. The number of carboxylic acid groups (broad SMARTS) is 1. The van der Waals surface area contributed by atoms with E-state index in [1.807, 2.05) is 60.4 Å². The number of carbonyl (C=O) groups is 3. The van der Waals surface area contributed by atoms with E-state index in [4.69, 9.17) is 9.47 Å². The molecule has 1 atom stereocenters. The lowest BCUT2D eigenvalue weighted by molar-refractivity contribution is -0.141. The van der Waals surface area contributed by atoms with Crippen LogP contribution in [-0.4, -0.2) is 53.7 Å². The van der Waals surface area contributed by atoms with Gasteiger partial charge in [-0.3, -0.25) is 9.69 Å². The molecule has 2 aliphatic rings. The normalized spacial score (nSPS) is 16.2. The molecule has 0 radical (unpaired) electrons. The van der Waals surface area contributed by atoms with E-state index in [1.165, 1.54) is 10.5 Å². The first-order valence-corrected chi connectivity index (χ1v) is 14.7. The molecule has 0 aromatic heterocycles. The number of anilines is 1.